The van der Waals surface area contributed by atoms with E-state index in [9.17, 15) is 9.59 Å². The largest absolute Gasteiger partial charge is 0.274 e. The molecule has 3 nitrogen and oxygen atoms in total. The minimum atomic E-state index is -0.596. The van der Waals surface area contributed by atoms with E-state index in [2.05, 4.69) is 0 Å². The first-order chi connectivity index (χ1) is 8.02. The maximum absolute atomic E-state index is 11.6. The molecular weight excluding hydrogens is 284 g/mol. The number of carbonyl (C=O) groups is 2. The van der Waals surface area contributed by atoms with Crippen molar-refractivity contribution in [3.63, 3.8) is 0 Å². The van der Waals surface area contributed by atoms with Gasteiger partial charge in [-0.25, -0.2) is 0 Å². The highest BCUT2D eigenvalue weighted by molar-refractivity contribution is 6.58. The van der Waals surface area contributed by atoms with Crippen LogP contribution in [0.25, 0.3) is 0 Å². The Bertz CT molecular complexity index is 515. The molecule has 0 saturated carbocycles. The summed E-state index contributed by atoms with van der Waals surface area (Å²) in [6.07, 6.45) is 0. The summed E-state index contributed by atoms with van der Waals surface area (Å²) in [6.45, 7) is 0.0593. The molecule has 0 aromatic heterocycles. The van der Waals surface area contributed by atoms with Crippen LogP contribution in [-0.2, 0) is 16.1 Å². The molecule has 0 N–H and O–H groups in total. The molecular formula is C11H6Cl3NO2. The predicted octanol–water partition coefficient (Wildman–Crippen LogP) is 2.90. The van der Waals surface area contributed by atoms with Crippen LogP contribution < -0.4 is 0 Å². The molecule has 1 aliphatic heterocycles. The standard InChI is InChI=1S/C11H6Cl3NO2/c12-7-4-2-1-3-6(7)5-15-10(16)8(13)9(14)11(15)17/h1-4H,5H2. The van der Waals surface area contributed by atoms with Crippen molar-refractivity contribution >= 4 is 46.6 Å². The van der Waals surface area contributed by atoms with Gasteiger partial charge in [-0.05, 0) is 11.6 Å². The summed E-state index contributed by atoms with van der Waals surface area (Å²) in [6, 6.07) is 6.93. The molecule has 2 rings (SSSR count). The van der Waals surface area contributed by atoms with E-state index in [-0.39, 0.29) is 16.6 Å². The van der Waals surface area contributed by atoms with Gasteiger partial charge in [0, 0.05) is 5.02 Å². The van der Waals surface area contributed by atoms with Gasteiger partial charge in [0.15, 0.2) is 0 Å². The van der Waals surface area contributed by atoms with Crippen molar-refractivity contribution in [1.82, 2.24) is 4.90 Å². The van der Waals surface area contributed by atoms with Crippen LogP contribution in [0.4, 0.5) is 0 Å². The van der Waals surface area contributed by atoms with E-state index in [1.54, 1.807) is 24.3 Å². The fraction of sp³-hybridized carbons (Fsp3) is 0.0909. The van der Waals surface area contributed by atoms with Crippen molar-refractivity contribution in [2.75, 3.05) is 0 Å². The first-order valence-corrected chi connectivity index (χ1v) is 5.80. The van der Waals surface area contributed by atoms with Gasteiger partial charge in [-0.1, -0.05) is 53.0 Å². The van der Waals surface area contributed by atoms with E-state index in [0.29, 0.717) is 10.6 Å². The smallest absolute Gasteiger partial charge is 0.268 e. The molecule has 0 spiro atoms. The number of hydrogen-bond donors (Lipinski definition) is 0. The highest BCUT2D eigenvalue weighted by atomic mass is 35.5. The van der Waals surface area contributed by atoms with Gasteiger partial charge in [-0.2, -0.15) is 0 Å². The molecule has 1 aromatic rings. The Morgan fingerprint density at radius 1 is 0.941 bits per heavy atom. The Morgan fingerprint density at radius 2 is 1.47 bits per heavy atom. The van der Waals surface area contributed by atoms with Crippen LogP contribution in [0.5, 0.6) is 0 Å². The highest BCUT2D eigenvalue weighted by Gasteiger charge is 2.36. The Hall–Kier alpha value is -1.03. The summed E-state index contributed by atoms with van der Waals surface area (Å²) in [5, 5.41) is -0.0142. The number of carbonyl (C=O) groups excluding carboxylic acids is 2. The average molecular weight is 291 g/mol. The molecule has 0 radical (unpaired) electrons. The Labute approximate surface area is 113 Å². The number of amides is 2. The quantitative estimate of drug-likeness (QED) is 0.785. The molecule has 0 unspecified atom stereocenters. The van der Waals surface area contributed by atoms with Crippen LogP contribution in [0.1, 0.15) is 5.56 Å². The molecule has 0 fully saturated rings. The van der Waals surface area contributed by atoms with E-state index < -0.39 is 11.8 Å². The summed E-state index contributed by atoms with van der Waals surface area (Å²) in [5.41, 5.74) is 0.659. The molecule has 2 amide bonds. The number of rotatable bonds is 2. The molecule has 88 valence electrons. The zero-order valence-electron chi connectivity index (χ0n) is 8.41. The van der Waals surface area contributed by atoms with Crippen molar-refractivity contribution in [3.05, 3.63) is 44.9 Å². The summed E-state index contributed by atoms with van der Waals surface area (Å²) >= 11 is 17.2. The van der Waals surface area contributed by atoms with Gasteiger partial charge in [-0.15, -0.1) is 0 Å². The van der Waals surface area contributed by atoms with Gasteiger partial charge in [-0.3, -0.25) is 14.5 Å². The van der Waals surface area contributed by atoms with Gasteiger partial charge in [0.25, 0.3) is 11.8 Å². The minimum Gasteiger partial charge on any atom is -0.268 e. The maximum Gasteiger partial charge on any atom is 0.274 e. The van der Waals surface area contributed by atoms with Crippen molar-refractivity contribution in [1.29, 1.82) is 0 Å². The second-order valence-corrected chi connectivity index (χ2v) is 4.58. The van der Waals surface area contributed by atoms with E-state index >= 15 is 0 Å². The first-order valence-electron chi connectivity index (χ1n) is 4.67. The third-order valence-corrected chi connectivity index (χ3v) is 3.51. The summed E-state index contributed by atoms with van der Waals surface area (Å²) < 4.78 is 0. The molecule has 1 aromatic carbocycles. The van der Waals surface area contributed by atoms with Gasteiger partial charge in [0.05, 0.1) is 6.54 Å². The van der Waals surface area contributed by atoms with Gasteiger partial charge < -0.3 is 0 Å². The molecule has 17 heavy (non-hydrogen) atoms. The topological polar surface area (TPSA) is 37.4 Å². The van der Waals surface area contributed by atoms with Crippen molar-refractivity contribution in [2.24, 2.45) is 0 Å². The SMILES string of the molecule is O=C1C(Cl)=C(Cl)C(=O)N1Cc1ccccc1Cl. The molecule has 1 heterocycles. The normalized spacial score (nSPS) is 16.1. The van der Waals surface area contributed by atoms with Crippen LogP contribution in [-0.4, -0.2) is 16.7 Å². The van der Waals surface area contributed by atoms with Gasteiger partial charge in [0.2, 0.25) is 0 Å². The second-order valence-electron chi connectivity index (χ2n) is 3.42. The highest BCUT2D eigenvalue weighted by Crippen LogP contribution is 2.29. The van der Waals surface area contributed by atoms with Crippen LogP contribution in [0.15, 0.2) is 34.3 Å². The predicted molar refractivity (Wildman–Crippen MR) is 65.7 cm³/mol. The van der Waals surface area contributed by atoms with E-state index in [1.165, 1.54) is 0 Å². The second kappa shape index (κ2) is 4.69. The lowest BCUT2D eigenvalue weighted by molar-refractivity contribution is -0.137. The monoisotopic (exact) mass is 289 g/mol. The zero-order valence-corrected chi connectivity index (χ0v) is 10.7. The van der Waals surface area contributed by atoms with Crippen molar-refractivity contribution < 1.29 is 9.59 Å². The number of nitrogens with zero attached hydrogens (tertiary/aromatic N) is 1. The lowest BCUT2D eigenvalue weighted by atomic mass is 10.2. The Balaban J connectivity index is 2.26. The van der Waals surface area contributed by atoms with E-state index in [4.69, 9.17) is 34.8 Å². The lowest BCUT2D eigenvalue weighted by Gasteiger charge is -2.14. The Kier molecular flexibility index (Phi) is 3.43. The van der Waals surface area contributed by atoms with E-state index in [0.717, 1.165) is 4.90 Å². The fourth-order valence-electron chi connectivity index (χ4n) is 1.46. The molecule has 0 aliphatic carbocycles. The van der Waals surface area contributed by atoms with Crippen LogP contribution in [0.2, 0.25) is 5.02 Å². The van der Waals surface area contributed by atoms with E-state index in [1.807, 2.05) is 0 Å². The summed E-state index contributed by atoms with van der Waals surface area (Å²) in [7, 11) is 0. The number of hydrogen-bond acceptors (Lipinski definition) is 2. The van der Waals surface area contributed by atoms with Crippen LogP contribution >= 0.6 is 34.8 Å². The Morgan fingerprint density at radius 3 is 2.00 bits per heavy atom. The number of halogens is 3. The third kappa shape index (κ3) is 2.18. The molecule has 6 heteroatoms. The van der Waals surface area contributed by atoms with Crippen LogP contribution in [0, 0.1) is 0 Å². The minimum absolute atomic E-state index is 0.0593. The zero-order chi connectivity index (χ0) is 12.6. The number of benzene rings is 1. The third-order valence-electron chi connectivity index (χ3n) is 2.34. The van der Waals surface area contributed by atoms with Gasteiger partial charge in [0.1, 0.15) is 10.1 Å². The fourth-order valence-corrected chi connectivity index (χ4v) is 2.02. The van der Waals surface area contributed by atoms with Gasteiger partial charge >= 0.3 is 0 Å². The molecule has 1 aliphatic rings. The van der Waals surface area contributed by atoms with Crippen molar-refractivity contribution in [3.8, 4) is 0 Å². The molecule has 0 saturated heterocycles. The van der Waals surface area contributed by atoms with Crippen LogP contribution in [0.3, 0.4) is 0 Å². The molecule has 0 bridgehead atoms. The van der Waals surface area contributed by atoms with Crippen molar-refractivity contribution in [2.45, 2.75) is 6.54 Å². The summed E-state index contributed by atoms with van der Waals surface area (Å²) in [5.74, 6) is -1.19. The summed E-state index contributed by atoms with van der Waals surface area (Å²) in [4.78, 5) is 24.2. The lowest BCUT2D eigenvalue weighted by Crippen LogP contribution is -2.30. The molecule has 0 atom stereocenters. The first kappa shape index (κ1) is 12.4. The average Bonchev–Trinajstić information content (AvgIpc) is 2.50. The number of imide groups is 1. The maximum atomic E-state index is 11.6.